The maximum Gasteiger partial charge on any atom is 0.309 e. The third kappa shape index (κ3) is 8.51. The molecule has 0 aliphatic heterocycles. The lowest BCUT2D eigenvalue weighted by molar-refractivity contribution is -0.0893. The van der Waals surface area contributed by atoms with E-state index in [-0.39, 0.29) is 0 Å². The molecule has 4 rings (SSSR count). The minimum Gasteiger partial charge on any atom is -0.457 e. The number of rotatable bonds is 12. The van der Waals surface area contributed by atoms with Crippen molar-refractivity contribution in [2.45, 2.75) is 90.6 Å². The van der Waals surface area contributed by atoms with Crippen LogP contribution in [0.5, 0.6) is 11.5 Å². The SMILES string of the molecule is CC(C)(O)C(C)(C)OBc1cc(Oc2cc(BOC(C)(C)C(C)(C)O)cc(-c3ccccc3)c2)cc(C2=CCCC=C2)c1. The summed E-state index contributed by atoms with van der Waals surface area (Å²) in [6, 6.07) is 22.5. The highest BCUT2D eigenvalue weighted by Crippen LogP contribution is 2.31. The van der Waals surface area contributed by atoms with Crippen molar-refractivity contribution in [3.8, 4) is 22.6 Å². The standard InChI is InChI=1S/C36H46B2O5/c1-33(2,39)35(5,6)42-37-29-19-27(25-15-11-9-12-16-25)21-31(23-29)41-32-22-28(26-17-13-10-14-18-26)20-30(24-32)38-43-36(7,8)34(3,4)40/h9,11-13,15-24,37-40H,10,14H2,1-8H3. The Hall–Kier alpha value is -3.09. The predicted molar refractivity (Wildman–Crippen MR) is 181 cm³/mol. The van der Waals surface area contributed by atoms with Gasteiger partial charge >= 0.3 is 15.0 Å². The molecular formula is C36H46B2O5. The molecule has 1 aliphatic carbocycles. The maximum atomic E-state index is 10.6. The van der Waals surface area contributed by atoms with Crippen LogP contribution in [0.1, 0.15) is 73.8 Å². The molecule has 3 aromatic carbocycles. The van der Waals surface area contributed by atoms with Gasteiger partial charge in [0.05, 0.1) is 22.4 Å². The fourth-order valence-corrected chi connectivity index (χ4v) is 4.41. The number of hydrogen-bond donors (Lipinski definition) is 2. The first-order valence-electron chi connectivity index (χ1n) is 15.2. The highest BCUT2D eigenvalue weighted by atomic mass is 16.5. The summed E-state index contributed by atoms with van der Waals surface area (Å²) >= 11 is 0. The van der Waals surface area contributed by atoms with Gasteiger partial charge in [-0.3, -0.25) is 0 Å². The second kappa shape index (κ2) is 12.9. The van der Waals surface area contributed by atoms with Gasteiger partial charge in [0, 0.05) is 0 Å². The predicted octanol–water partition coefficient (Wildman–Crippen LogP) is 5.97. The number of ether oxygens (including phenoxy) is 1. The van der Waals surface area contributed by atoms with Crippen LogP contribution in [0.2, 0.25) is 0 Å². The number of benzene rings is 3. The Morgan fingerprint density at radius 3 is 1.60 bits per heavy atom. The monoisotopic (exact) mass is 580 g/mol. The molecule has 0 aromatic heterocycles. The van der Waals surface area contributed by atoms with Crippen LogP contribution < -0.4 is 15.7 Å². The van der Waals surface area contributed by atoms with Crippen LogP contribution in [-0.4, -0.2) is 47.6 Å². The Morgan fingerprint density at radius 2 is 1.12 bits per heavy atom. The lowest BCUT2D eigenvalue weighted by Crippen LogP contribution is -2.49. The maximum absolute atomic E-state index is 10.6. The number of aliphatic hydroxyl groups is 2. The van der Waals surface area contributed by atoms with Crippen LogP contribution >= 0.6 is 0 Å². The molecule has 0 heterocycles. The average molecular weight is 580 g/mol. The first-order chi connectivity index (χ1) is 20.0. The van der Waals surface area contributed by atoms with E-state index in [4.69, 9.17) is 14.0 Å². The summed E-state index contributed by atoms with van der Waals surface area (Å²) in [5, 5.41) is 21.2. The molecule has 0 bridgehead atoms. The van der Waals surface area contributed by atoms with Gasteiger partial charge in [0.25, 0.3) is 0 Å². The molecule has 0 atom stereocenters. The molecule has 0 radical (unpaired) electrons. The molecule has 0 unspecified atom stereocenters. The van der Waals surface area contributed by atoms with E-state index in [0.717, 1.165) is 46.0 Å². The Kier molecular flexibility index (Phi) is 9.82. The van der Waals surface area contributed by atoms with Crippen LogP contribution in [-0.2, 0) is 9.31 Å². The van der Waals surface area contributed by atoms with Crippen molar-refractivity contribution in [2.24, 2.45) is 0 Å². The molecule has 1 aliphatic rings. The van der Waals surface area contributed by atoms with E-state index in [0.29, 0.717) is 26.5 Å². The topological polar surface area (TPSA) is 68.2 Å². The zero-order valence-corrected chi connectivity index (χ0v) is 27.0. The van der Waals surface area contributed by atoms with E-state index in [1.165, 1.54) is 0 Å². The molecule has 0 amide bonds. The lowest BCUT2D eigenvalue weighted by atomic mass is 9.81. The molecule has 43 heavy (non-hydrogen) atoms. The summed E-state index contributed by atoms with van der Waals surface area (Å²) in [5.74, 6) is 1.39. The van der Waals surface area contributed by atoms with Gasteiger partial charge in [-0.1, -0.05) is 60.7 Å². The lowest BCUT2D eigenvalue weighted by Gasteiger charge is -2.37. The summed E-state index contributed by atoms with van der Waals surface area (Å²) in [5.41, 5.74) is 2.69. The van der Waals surface area contributed by atoms with E-state index in [1.54, 1.807) is 27.7 Å². The molecular weight excluding hydrogens is 534 g/mol. The van der Waals surface area contributed by atoms with Crippen LogP contribution in [0, 0.1) is 0 Å². The van der Waals surface area contributed by atoms with Gasteiger partial charge in [0.15, 0.2) is 0 Å². The van der Waals surface area contributed by atoms with Crippen LogP contribution in [0.25, 0.3) is 16.7 Å². The number of allylic oxidation sites excluding steroid dienone is 4. The van der Waals surface area contributed by atoms with Crippen molar-refractivity contribution in [3.63, 3.8) is 0 Å². The summed E-state index contributed by atoms with van der Waals surface area (Å²) < 4.78 is 19.1. The third-order valence-corrected chi connectivity index (χ3v) is 8.75. The van der Waals surface area contributed by atoms with Crippen LogP contribution in [0.15, 0.2) is 85.0 Å². The van der Waals surface area contributed by atoms with Gasteiger partial charge < -0.3 is 24.3 Å². The molecule has 3 aromatic rings. The van der Waals surface area contributed by atoms with E-state index in [9.17, 15) is 10.2 Å². The molecule has 0 saturated heterocycles. The van der Waals surface area contributed by atoms with Gasteiger partial charge in [0.1, 0.15) is 11.5 Å². The minimum absolute atomic E-state index is 0.316. The van der Waals surface area contributed by atoms with Gasteiger partial charge in [-0.05, 0) is 126 Å². The van der Waals surface area contributed by atoms with E-state index < -0.39 is 22.4 Å². The highest BCUT2D eigenvalue weighted by Gasteiger charge is 2.36. The second-order valence-electron chi connectivity index (χ2n) is 13.6. The minimum atomic E-state index is -1.01. The summed E-state index contributed by atoms with van der Waals surface area (Å²) in [7, 11) is 0.643. The van der Waals surface area contributed by atoms with Crippen LogP contribution in [0.4, 0.5) is 0 Å². The summed E-state index contributed by atoms with van der Waals surface area (Å²) in [4.78, 5) is 0. The molecule has 226 valence electrons. The van der Waals surface area contributed by atoms with E-state index >= 15 is 0 Å². The Balaban J connectivity index is 1.70. The fourth-order valence-electron chi connectivity index (χ4n) is 4.41. The summed E-state index contributed by atoms with van der Waals surface area (Å²) in [6.45, 7) is 14.6. The van der Waals surface area contributed by atoms with Crippen molar-refractivity contribution < 1.29 is 24.3 Å². The van der Waals surface area contributed by atoms with Gasteiger partial charge in [-0.15, -0.1) is 0 Å². The Morgan fingerprint density at radius 1 is 0.605 bits per heavy atom. The molecule has 0 fully saturated rings. The Labute approximate surface area is 259 Å². The molecule has 2 N–H and O–H groups in total. The largest absolute Gasteiger partial charge is 0.457 e. The number of hydrogen-bond acceptors (Lipinski definition) is 5. The fraction of sp³-hybridized carbons (Fsp3) is 0.389. The molecule has 7 heteroatoms. The Bertz CT molecular complexity index is 1460. The van der Waals surface area contributed by atoms with Gasteiger partial charge in [0.2, 0.25) is 0 Å². The van der Waals surface area contributed by atoms with Crippen molar-refractivity contribution in [1.82, 2.24) is 0 Å². The van der Waals surface area contributed by atoms with Crippen molar-refractivity contribution >= 4 is 31.5 Å². The first kappa shape index (κ1) is 32.8. The van der Waals surface area contributed by atoms with E-state index in [2.05, 4.69) is 48.6 Å². The van der Waals surface area contributed by atoms with Gasteiger partial charge in [-0.2, -0.15) is 0 Å². The van der Waals surface area contributed by atoms with Crippen molar-refractivity contribution in [3.05, 3.63) is 90.5 Å². The van der Waals surface area contributed by atoms with Gasteiger partial charge in [-0.25, -0.2) is 0 Å². The first-order valence-corrected chi connectivity index (χ1v) is 15.2. The van der Waals surface area contributed by atoms with Crippen molar-refractivity contribution in [2.75, 3.05) is 0 Å². The zero-order chi connectivity index (χ0) is 31.5. The normalized spacial score (nSPS) is 14.3. The zero-order valence-electron chi connectivity index (χ0n) is 27.0. The average Bonchev–Trinajstić information content (AvgIpc) is 2.95. The summed E-state index contributed by atoms with van der Waals surface area (Å²) in [6.07, 6.45) is 8.64. The van der Waals surface area contributed by atoms with E-state index in [1.807, 2.05) is 64.1 Å². The quantitative estimate of drug-likeness (QED) is 0.259. The molecule has 0 spiro atoms. The molecule has 5 nitrogen and oxygen atoms in total. The second-order valence-corrected chi connectivity index (χ2v) is 13.6. The van der Waals surface area contributed by atoms with Crippen LogP contribution in [0.3, 0.4) is 0 Å². The molecule has 0 saturated carbocycles. The highest BCUT2D eigenvalue weighted by molar-refractivity contribution is 6.47. The van der Waals surface area contributed by atoms with Crippen molar-refractivity contribution in [1.29, 1.82) is 0 Å². The smallest absolute Gasteiger partial charge is 0.309 e. The third-order valence-electron chi connectivity index (χ3n) is 8.75.